The Bertz CT molecular complexity index is 935. The van der Waals surface area contributed by atoms with Gasteiger partial charge in [0.05, 0.1) is 24.6 Å². The smallest absolute Gasteiger partial charge is 0.241 e. The summed E-state index contributed by atoms with van der Waals surface area (Å²) in [6, 6.07) is 13.4. The van der Waals surface area contributed by atoms with E-state index in [0.29, 0.717) is 30.8 Å². The fourth-order valence-electron chi connectivity index (χ4n) is 3.68. The predicted octanol–water partition coefficient (Wildman–Crippen LogP) is 2.49. The van der Waals surface area contributed by atoms with E-state index in [0.717, 1.165) is 11.1 Å². The number of hydrogen-bond donors (Lipinski definition) is 1. The summed E-state index contributed by atoms with van der Waals surface area (Å²) in [6.07, 6.45) is -0.197. The van der Waals surface area contributed by atoms with Gasteiger partial charge in [0, 0.05) is 6.54 Å². The number of hydrogen-bond acceptors (Lipinski definition) is 4. The lowest BCUT2D eigenvalue weighted by Crippen LogP contribution is -2.46. The van der Waals surface area contributed by atoms with Crippen molar-refractivity contribution < 1.29 is 17.9 Å². The number of benzene rings is 2. The van der Waals surface area contributed by atoms with E-state index in [1.807, 2.05) is 49.4 Å². The monoisotopic (exact) mass is 402 g/mol. The Morgan fingerprint density at radius 2 is 1.79 bits per heavy atom. The number of aryl methyl sites for hydroxylation is 3. The summed E-state index contributed by atoms with van der Waals surface area (Å²) >= 11 is 0. The molecule has 0 bridgehead atoms. The molecule has 1 amide bonds. The van der Waals surface area contributed by atoms with Crippen LogP contribution in [0.2, 0.25) is 0 Å². The first-order valence-electron chi connectivity index (χ1n) is 9.30. The second-order valence-corrected chi connectivity index (χ2v) is 8.87. The van der Waals surface area contributed by atoms with Crippen molar-refractivity contribution in [2.75, 3.05) is 26.2 Å². The molecule has 2 aromatic rings. The first kappa shape index (κ1) is 20.5. The first-order valence-corrected chi connectivity index (χ1v) is 10.8. The molecule has 1 unspecified atom stereocenters. The highest BCUT2D eigenvalue weighted by molar-refractivity contribution is 7.89. The Morgan fingerprint density at radius 1 is 1.14 bits per heavy atom. The van der Waals surface area contributed by atoms with Gasteiger partial charge in [-0.15, -0.1) is 0 Å². The van der Waals surface area contributed by atoms with Gasteiger partial charge in [0.1, 0.15) is 6.10 Å². The van der Waals surface area contributed by atoms with E-state index >= 15 is 0 Å². The van der Waals surface area contributed by atoms with Crippen molar-refractivity contribution in [2.45, 2.75) is 31.8 Å². The van der Waals surface area contributed by atoms with E-state index < -0.39 is 10.0 Å². The normalized spacial score (nSPS) is 17.5. The number of sulfonamides is 1. The zero-order chi connectivity index (χ0) is 20.3. The van der Waals surface area contributed by atoms with Crippen LogP contribution in [0.4, 0.5) is 0 Å². The van der Waals surface area contributed by atoms with Gasteiger partial charge in [0.25, 0.3) is 0 Å². The third-order valence-electron chi connectivity index (χ3n) is 4.88. The number of amides is 1. The molecule has 1 saturated heterocycles. The molecule has 150 valence electrons. The quantitative estimate of drug-likeness (QED) is 0.834. The molecule has 1 N–H and O–H groups in total. The molecule has 0 aliphatic carbocycles. The number of nitrogens with one attached hydrogen (secondary N) is 1. The molecule has 7 heteroatoms. The standard InChI is InChI=1S/C21H26N2O4S/c1-15-11-16(2)21(17(3)12-15)28(25,26)22-13-20(24)23-9-10-27-19(14-23)18-7-5-4-6-8-18/h4-8,11-12,19,22H,9-10,13-14H2,1-3H3. The van der Waals surface area contributed by atoms with Gasteiger partial charge >= 0.3 is 0 Å². The van der Waals surface area contributed by atoms with Crippen LogP contribution in [0, 0.1) is 20.8 Å². The number of ether oxygens (including phenoxy) is 1. The van der Waals surface area contributed by atoms with Gasteiger partial charge in [-0.3, -0.25) is 4.79 Å². The molecule has 3 rings (SSSR count). The number of carbonyl (C=O) groups is 1. The van der Waals surface area contributed by atoms with Crippen LogP contribution in [-0.2, 0) is 19.6 Å². The van der Waals surface area contributed by atoms with Gasteiger partial charge < -0.3 is 9.64 Å². The largest absolute Gasteiger partial charge is 0.370 e. The molecular weight excluding hydrogens is 376 g/mol. The van der Waals surface area contributed by atoms with Crippen molar-refractivity contribution in [3.63, 3.8) is 0 Å². The summed E-state index contributed by atoms with van der Waals surface area (Å²) in [6.45, 7) is 6.48. The lowest BCUT2D eigenvalue weighted by atomic mass is 10.1. The van der Waals surface area contributed by atoms with Gasteiger partial charge in [0.2, 0.25) is 15.9 Å². The van der Waals surface area contributed by atoms with Crippen LogP contribution in [-0.4, -0.2) is 45.5 Å². The van der Waals surface area contributed by atoms with E-state index in [4.69, 9.17) is 4.74 Å². The van der Waals surface area contributed by atoms with Crippen LogP contribution >= 0.6 is 0 Å². The summed E-state index contributed by atoms with van der Waals surface area (Å²) < 4.78 is 33.7. The van der Waals surface area contributed by atoms with E-state index in [1.165, 1.54) is 0 Å². The van der Waals surface area contributed by atoms with E-state index in [2.05, 4.69) is 4.72 Å². The highest BCUT2D eigenvalue weighted by atomic mass is 32.2. The number of nitrogens with zero attached hydrogens (tertiary/aromatic N) is 1. The van der Waals surface area contributed by atoms with Crippen molar-refractivity contribution in [2.24, 2.45) is 0 Å². The minimum absolute atomic E-state index is 0.197. The minimum atomic E-state index is -3.77. The SMILES string of the molecule is Cc1cc(C)c(S(=O)(=O)NCC(=O)N2CCOC(c3ccccc3)C2)c(C)c1. The Labute approximate surface area is 166 Å². The van der Waals surface area contributed by atoms with E-state index in [-0.39, 0.29) is 23.5 Å². The van der Waals surface area contributed by atoms with Crippen LogP contribution in [0.15, 0.2) is 47.4 Å². The molecule has 1 fully saturated rings. The van der Waals surface area contributed by atoms with Gasteiger partial charge in [0.15, 0.2) is 0 Å². The average Bonchev–Trinajstić information content (AvgIpc) is 2.66. The van der Waals surface area contributed by atoms with Gasteiger partial charge in [-0.05, 0) is 37.5 Å². The molecule has 2 aromatic carbocycles. The average molecular weight is 403 g/mol. The fourth-order valence-corrected chi connectivity index (χ4v) is 5.10. The molecule has 6 nitrogen and oxygen atoms in total. The molecule has 0 aromatic heterocycles. The van der Waals surface area contributed by atoms with E-state index in [1.54, 1.807) is 18.7 Å². The summed E-state index contributed by atoms with van der Waals surface area (Å²) in [5.41, 5.74) is 3.36. The minimum Gasteiger partial charge on any atom is -0.370 e. The maximum absolute atomic E-state index is 12.8. The van der Waals surface area contributed by atoms with Crippen LogP contribution in [0.1, 0.15) is 28.4 Å². The van der Waals surface area contributed by atoms with Crippen LogP contribution in [0.5, 0.6) is 0 Å². The molecule has 1 heterocycles. The number of rotatable bonds is 5. The lowest BCUT2D eigenvalue weighted by Gasteiger charge is -2.33. The van der Waals surface area contributed by atoms with Crippen LogP contribution < -0.4 is 4.72 Å². The van der Waals surface area contributed by atoms with Crippen molar-refractivity contribution in [1.82, 2.24) is 9.62 Å². The van der Waals surface area contributed by atoms with Gasteiger partial charge in [-0.25, -0.2) is 13.1 Å². The van der Waals surface area contributed by atoms with Crippen molar-refractivity contribution >= 4 is 15.9 Å². The second-order valence-electron chi connectivity index (χ2n) is 7.16. The van der Waals surface area contributed by atoms with Crippen molar-refractivity contribution in [1.29, 1.82) is 0 Å². The van der Waals surface area contributed by atoms with Crippen LogP contribution in [0.25, 0.3) is 0 Å². The molecule has 0 spiro atoms. The summed E-state index contributed by atoms with van der Waals surface area (Å²) in [4.78, 5) is 14.5. The third-order valence-corrected chi connectivity index (χ3v) is 6.58. The molecule has 1 atom stereocenters. The van der Waals surface area contributed by atoms with E-state index in [9.17, 15) is 13.2 Å². The maximum atomic E-state index is 12.8. The molecule has 1 aliphatic rings. The van der Waals surface area contributed by atoms with Gasteiger partial charge in [-0.2, -0.15) is 0 Å². The Balaban J connectivity index is 1.66. The Kier molecular flexibility index (Phi) is 6.17. The maximum Gasteiger partial charge on any atom is 0.241 e. The summed E-state index contributed by atoms with van der Waals surface area (Å²) in [5, 5.41) is 0. The summed E-state index contributed by atoms with van der Waals surface area (Å²) in [5.74, 6) is -0.254. The predicted molar refractivity (Wildman–Crippen MR) is 108 cm³/mol. The molecular formula is C21H26N2O4S. The zero-order valence-electron chi connectivity index (χ0n) is 16.4. The molecule has 0 saturated carbocycles. The summed E-state index contributed by atoms with van der Waals surface area (Å²) in [7, 11) is -3.77. The number of carbonyl (C=O) groups excluding carboxylic acids is 1. The first-order chi connectivity index (χ1) is 13.3. The molecule has 28 heavy (non-hydrogen) atoms. The second kappa shape index (κ2) is 8.43. The van der Waals surface area contributed by atoms with Crippen LogP contribution in [0.3, 0.4) is 0 Å². The van der Waals surface area contributed by atoms with Crippen molar-refractivity contribution in [3.8, 4) is 0 Å². The highest BCUT2D eigenvalue weighted by Crippen LogP contribution is 2.23. The number of morpholine rings is 1. The lowest BCUT2D eigenvalue weighted by molar-refractivity contribution is -0.137. The Hall–Kier alpha value is -2.22. The third kappa shape index (κ3) is 4.60. The fraction of sp³-hybridized carbons (Fsp3) is 0.381. The molecule has 1 aliphatic heterocycles. The zero-order valence-corrected chi connectivity index (χ0v) is 17.3. The van der Waals surface area contributed by atoms with Gasteiger partial charge in [-0.1, -0.05) is 48.0 Å². The topological polar surface area (TPSA) is 75.7 Å². The van der Waals surface area contributed by atoms with Crippen molar-refractivity contribution in [3.05, 3.63) is 64.7 Å². The Morgan fingerprint density at radius 3 is 2.43 bits per heavy atom. The highest BCUT2D eigenvalue weighted by Gasteiger charge is 2.27. The molecule has 0 radical (unpaired) electrons.